The summed E-state index contributed by atoms with van der Waals surface area (Å²) in [5.74, 6) is 1.01. The second-order valence-electron chi connectivity index (χ2n) is 7.85. The van der Waals surface area contributed by atoms with Crippen molar-refractivity contribution >= 4 is 47.2 Å². The predicted molar refractivity (Wildman–Crippen MR) is 152 cm³/mol. The molecule has 198 valence electrons. The van der Waals surface area contributed by atoms with E-state index in [0.717, 1.165) is 17.0 Å². The number of hydrogen-bond donors (Lipinski definition) is 1. The topological polar surface area (TPSA) is 125 Å². The Hall–Kier alpha value is -4.48. The number of carbonyl (C=O) groups is 1. The maximum absolute atomic E-state index is 12.4. The summed E-state index contributed by atoms with van der Waals surface area (Å²) in [4.78, 5) is 23.1. The van der Waals surface area contributed by atoms with E-state index in [2.05, 4.69) is 20.7 Å². The Kier molecular flexibility index (Phi) is 9.44. The molecule has 1 N–H and O–H groups in total. The van der Waals surface area contributed by atoms with E-state index in [1.165, 1.54) is 30.1 Å². The standard InChI is InChI=1S/C27H23ClN6O4S/c1-2-38-23-15-13-22(14-16-23)33-26(20-9-11-21(28)12-10-20)31-32-27(33)39-18-25(35)30-29-17-5-7-19-6-3-4-8-24(19)34(36)37/h3-17H,2,18H2,1H3,(H,30,35)/b7-5-,29-17-. The minimum Gasteiger partial charge on any atom is -0.494 e. The zero-order valence-corrected chi connectivity index (χ0v) is 22.3. The van der Waals surface area contributed by atoms with Crippen LogP contribution in [-0.4, -0.2) is 44.2 Å². The molecule has 0 bridgehead atoms. The number of nitro benzene ring substituents is 1. The Morgan fingerprint density at radius 3 is 2.59 bits per heavy atom. The molecule has 0 unspecified atom stereocenters. The van der Waals surface area contributed by atoms with Crippen molar-refractivity contribution in [2.75, 3.05) is 12.4 Å². The number of carbonyl (C=O) groups excluding carboxylic acids is 1. The molecule has 0 spiro atoms. The summed E-state index contributed by atoms with van der Waals surface area (Å²) in [6.45, 7) is 2.48. The third-order valence-electron chi connectivity index (χ3n) is 5.23. The normalized spacial score (nSPS) is 11.2. The fourth-order valence-electron chi connectivity index (χ4n) is 3.50. The highest BCUT2D eigenvalue weighted by Gasteiger charge is 2.17. The lowest BCUT2D eigenvalue weighted by atomic mass is 10.2. The van der Waals surface area contributed by atoms with Gasteiger partial charge in [0.15, 0.2) is 11.0 Å². The first kappa shape index (κ1) is 27.6. The third kappa shape index (κ3) is 7.30. The van der Waals surface area contributed by atoms with Crippen LogP contribution in [0.5, 0.6) is 5.75 Å². The first-order chi connectivity index (χ1) is 19.0. The van der Waals surface area contributed by atoms with Crippen molar-refractivity contribution in [2.45, 2.75) is 12.1 Å². The van der Waals surface area contributed by atoms with E-state index in [0.29, 0.717) is 28.2 Å². The minimum atomic E-state index is -0.458. The van der Waals surface area contributed by atoms with E-state index in [1.54, 1.807) is 36.4 Å². The molecule has 1 heterocycles. The summed E-state index contributed by atoms with van der Waals surface area (Å²) in [6.07, 6.45) is 4.40. The van der Waals surface area contributed by atoms with Crippen LogP contribution in [0.3, 0.4) is 0 Å². The average Bonchev–Trinajstić information content (AvgIpc) is 3.37. The van der Waals surface area contributed by atoms with Crippen LogP contribution >= 0.6 is 23.4 Å². The lowest BCUT2D eigenvalue weighted by molar-refractivity contribution is -0.385. The number of para-hydroxylation sites is 1. The maximum atomic E-state index is 12.4. The zero-order chi connectivity index (χ0) is 27.6. The van der Waals surface area contributed by atoms with Gasteiger partial charge in [0.25, 0.3) is 11.6 Å². The SMILES string of the molecule is CCOc1ccc(-n2c(SCC(=O)N/N=C\C=C/c3ccccc3[N+](=O)[O-])nnc2-c2ccc(Cl)cc2)cc1. The van der Waals surface area contributed by atoms with Crippen molar-refractivity contribution in [3.05, 3.63) is 99.6 Å². The fourth-order valence-corrected chi connectivity index (χ4v) is 4.37. The van der Waals surface area contributed by atoms with Crippen molar-refractivity contribution in [1.82, 2.24) is 20.2 Å². The van der Waals surface area contributed by atoms with Gasteiger partial charge >= 0.3 is 0 Å². The Bertz CT molecular complexity index is 1500. The summed E-state index contributed by atoms with van der Waals surface area (Å²) in [5, 5.41) is 24.8. The lowest BCUT2D eigenvalue weighted by Crippen LogP contribution is -2.19. The number of benzene rings is 3. The molecule has 0 saturated carbocycles. The van der Waals surface area contributed by atoms with Gasteiger partial charge in [-0.25, -0.2) is 5.43 Å². The first-order valence-corrected chi connectivity index (χ1v) is 13.1. The van der Waals surface area contributed by atoms with Gasteiger partial charge in [-0.15, -0.1) is 10.2 Å². The number of hydrazone groups is 1. The number of allylic oxidation sites excluding steroid dienone is 1. The van der Waals surface area contributed by atoms with Gasteiger partial charge in [0.05, 0.1) is 22.8 Å². The van der Waals surface area contributed by atoms with Crippen LogP contribution < -0.4 is 10.2 Å². The Morgan fingerprint density at radius 2 is 1.87 bits per heavy atom. The van der Waals surface area contributed by atoms with Crippen LogP contribution in [0.2, 0.25) is 5.02 Å². The summed E-state index contributed by atoms with van der Waals surface area (Å²) in [7, 11) is 0. The molecule has 0 aliphatic heterocycles. The van der Waals surface area contributed by atoms with Gasteiger partial charge in [-0.05, 0) is 73.7 Å². The fraction of sp³-hybridized carbons (Fsp3) is 0.111. The summed E-state index contributed by atoms with van der Waals surface area (Å²) >= 11 is 7.26. The van der Waals surface area contributed by atoms with Gasteiger partial charge in [-0.3, -0.25) is 19.5 Å². The Morgan fingerprint density at radius 1 is 1.13 bits per heavy atom. The second kappa shape index (κ2) is 13.4. The molecule has 0 radical (unpaired) electrons. The summed E-state index contributed by atoms with van der Waals surface area (Å²) in [5.41, 5.74) is 4.47. The van der Waals surface area contributed by atoms with Crippen molar-refractivity contribution in [3.8, 4) is 22.8 Å². The van der Waals surface area contributed by atoms with Gasteiger partial charge in [-0.2, -0.15) is 5.10 Å². The molecular weight excluding hydrogens is 540 g/mol. The molecule has 0 fully saturated rings. The molecule has 3 aromatic carbocycles. The van der Waals surface area contributed by atoms with Gasteiger partial charge in [0.1, 0.15) is 5.75 Å². The van der Waals surface area contributed by atoms with Crippen LogP contribution in [0.4, 0.5) is 5.69 Å². The zero-order valence-electron chi connectivity index (χ0n) is 20.7. The number of hydrogen-bond acceptors (Lipinski definition) is 8. The van der Waals surface area contributed by atoms with Crippen LogP contribution in [0.1, 0.15) is 12.5 Å². The van der Waals surface area contributed by atoms with Gasteiger partial charge in [-0.1, -0.05) is 35.5 Å². The number of rotatable bonds is 11. The van der Waals surface area contributed by atoms with E-state index in [4.69, 9.17) is 16.3 Å². The number of ether oxygens (including phenoxy) is 1. The first-order valence-electron chi connectivity index (χ1n) is 11.8. The van der Waals surface area contributed by atoms with Gasteiger partial charge < -0.3 is 4.74 Å². The molecule has 4 aromatic rings. The number of nitrogens with zero attached hydrogens (tertiary/aromatic N) is 5. The molecule has 12 heteroatoms. The molecule has 4 rings (SSSR count). The van der Waals surface area contributed by atoms with Crippen molar-refractivity contribution in [2.24, 2.45) is 5.10 Å². The highest BCUT2D eigenvalue weighted by Crippen LogP contribution is 2.29. The van der Waals surface area contributed by atoms with Gasteiger partial charge in [0.2, 0.25) is 0 Å². The number of amides is 1. The second-order valence-corrected chi connectivity index (χ2v) is 9.23. The summed E-state index contributed by atoms with van der Waals surface area (Å²) < 4.78 is 7.41. The number of nitrogens with one attached hydrogen (secondary N) is 1. The van der Waals surface area contributed by atoms with E-state index in [9.17, 15) is 14.9 Å². The molecular formula is C27H23ClN6O4S. The highest BCUT2D eigenvalue weighted by atomic mass is 35.5. The maximum Gasteiger partial charge on any atom is 0.276 e. The van der Waals surface area contributed by atoms with Crippen LogP contribution in [0, 0.1) is 10.1 Å². The smallest absolute Gasteiger partial charge is 0.276 e. The van der Waals surface area contributed by atoms with Crippen LogP contribution in [0.15, 0.2) is 89.1 Å². The molecule has 0 aliphatic carbocycles. The van der Waals surface area contributed by atoms with Gasteiger partial charge in [0, 0.05) is 28.6 Å². The largest absolute Gasteiger partial charge is 0.494 e. The number of nitro groups is 1. The molecule has 0 aliphatic rings. The Balaban J connectivity index is 1.45. The lowest BCUT2D eigenvalue weighted by Gasteiger charge is -2.11. The van der Waals surface area contributed by atoms with Crippen LogP contribution in [0.25, 0.3) is 23.2 Å². The monoisotopic (exact) mass is 562 g/mol. The molecule has 1 amide bonds. The van der Waals surface area contributed by atoms with Crippen molar-refractivity contribution < 1.29 is 14.5 Å². The van der Waals surface area contributed by atoms with Crippen molar-refractivity contribution in [3.63, 3.8) is 0 Å². The highest BCUT2D eigenvalue weighted by molar-refractivity contribution is 7.99. The van der Waals surface area contributed by atoms with E-state index >= 15 is 0 Å². The van der Waals surface area contributed by atoms with E-state index in [-0.39, 0.29) is 17.3 Å². The summed E-state index contributed by atoms with van der Waals surface area (Å²) in [6, 6.07) is 21.1. The molecule has 1 aromatic heterocycles. The quantitative estimate of drug-likeness (QED) is 0.106. The minimum absolute atomic E-state index is 0.0165. The molecule has 10 nitrogen and oxygen atoms in total. The predicted octanol–water partition coefficient (Wildman–Crippen LogP) is 5.80. The third-order valence-corrected chi connectivity index (χ3v) is 6.41. The number of halogens is 1. The van der Waals surface area contributed by atoms with Crippen molar-refractivity contribution in [1.29, 1.82) is 0 Å². The van der Waals surface area contributed by atoms with E-state index in [1.807, 2.05) is 47.9 Å². The average molecular weight is 563 g/mol. The molecule has 0 saturated heterocycles. The van der Waals surface area contributed by atoms with E-state index < -0.39 is 4.92 Å². The number of thioether (sulfide) groups is 1. The molecule has 0 atom stereocenters. The Labute approximate surface area is 233 Å². The molecule has 39 heavy (non-hydrogen) atoms. The van der Waals surface area contributed by atoms with Crippen LogP contribution in [-0.2, 0) is 4.79 Å². The number of aromatic nitrogens is 3.